The predicted octanol–water partition coefficient (Wildman–Crippen LogP) is 4.62. The van der Waals surface area contributed by atoms with Crippen LogP contribution >= 0.6 is 0 Å². The molecule has 0 aromatic heterocycles. The van der Waals surface area contributed by atoms with Crippen LogP contribution in [0.5, 0.6) is 5.75 Å². The molecule has 1 aromatic carbocycles. The van der Waals surface area contributed by atoms with Crippen LogP contribution in [0.25, 0.3) is 0 Å². The second-order valence-corrected chi connectivity index (χ2v) is 4.89. The molecule has 2 nitrogen and oxygen atoms in total. The van der Waals surface area contributed by atoms with Gasteiger partial charge in [-0.15, -0.1) is 0 Å². The van der Waals surface area contributed by atoms with Gasteiger partial charge in [-0.05, 0) is 36.5 Å². The summed E-state index contributed by atoms with van der Waals surface area (Å²) >= 11 is 0. The lowest BCUT2D eigenvalue weighted by molar-refractivity contribution is -0.0132. The summed E-state index contributed by atoms with van der Waals surface area (Å²) in [6.45, 7) is 5.37. The smallest absolute Gasteiger partial charge is 0.237 e. The van der Waals surface area contributed by atoms with Gasteiger partial charge in [0.1, 0.15) is 5.75 Å². The summed E-state index contributed by atoms with van der Waals surface area (Å²) in [6, 6.07) is 8.44. The molecule has 1 atom stereocenters. The van der Waals surface area contributed by atoms with E-state index in [-0.39, 0.29) is 6.29 Å². The molecule has 0 aliphatic heterocycles. The number of benzene rings is 1. The Labute approximate surface area is 110 Å². The Morgan fingerprint density at radius 2 is 1.83 bits per heavy atom. The van der Waals surface area contributed by atoms with Gasteiger partial charge < -0.3 is 9.47 Å². The summed E-state index contributed by atoms with van der Waals surface area (Å²) < 4.78 is 10.7. The van der Waals surface area contributed by atoms with Gasteiger partial charge in [-0.25, -0.2) is 0 Å². The average molecular weight is 246 g/mol. The molecule has 1 unspecified atom stereocenters. The Morgan fingerprint density at radius 1 is 1.17 bits per heavy atom. The molecule has 18 heavy (non-hydrogen) atoms. The van der Waals surface area contributed by atoms with Gasteiger partial charge in [0.2, 0.25) is 6.29 Å². The molecule has 0 saturated heterocycles. The zero-order chi connectivity index (χ0) is 12.8. The normalized spacial score (nSPS) is 18.1. The van der Waals surface area contributed by atoms with E-state index in [1.54, 1.807) is 0 Å². The highest BCUT2D eigenvalue weighted by atomic mass is 16.7. The molecule has 1 aliphatic rings. The largest absolute Gasteiger partial charge is 0.463 e. The lowest BCUT2D eigenvalue weighted by Crippen LogP contribution is -2.13. The standard InChI is InChI=1S/C16H22O2/c1-3-17-13(2)18-16-11-9-15(10-12-16)14-7-5-4-6-8-14/h3,9-14H,1,4-8H2,2H3. The molecular weight excluding hydrogens is 224 g/mol. The molecule has 0 bridgehead atoms. The number of hydrogen-bond acceptors (Lipinski definition) is 2. The summed E-state index contributed by atoms with van der Waals surface area (Å²) in [5.74, 6) is 1.60. The fourth-order valence-electron chi connectivity index (χ4n) is 2.61. The van der Waals surface area contributed by atoms with E-state index in [0.29, 0.717) is 0 Å². The maximum Gasteiger partial charge on any atom is 0.237 e. The summed E-state index contributed by atoms with van der Waals surface area (Å²) in [5.41, 5.74) is 1.44. The first-order valence-corrected chi connectivity index (χ1v) is 6.82. The molecule has 2 heteroatoms. The third-order valence-corrected chi connectivity index (χ3v) is 3.55. The minimum absolute atomic E-state index is 0.289. The van der Waals surface area contributed by atoms with Gasteiger partial charge >= 0.3 is 0 Å². The first-order chi connectivity index (χ1) is 8.79. The van der Waals surface area contributed by atoms with Crippen molar-refractivity contribution in [1.29, 1.82) is 0 Å². The summed E-state index contributed by atoms with van der Waals surface area (Å²) in [4.78, 5) is 0. The minimum Gasteiger partial charge on any atom is -0.463 e. The Kier molecular flexibility index (Phi) is 4.68. The molecule has 1 fully saturated rings. The summed E-state index contributed by atoms with van der Waals surface area (Å²) in [5, 5.41) is 0. The average Bonchev–Trinajstić information content (AvgIpc) is 2.41. The zero-order valence-electron chi connectivity index (χ0n) is 11.1. The van der Waals surface area contributed by atoms with Gasteiger partial charge in [0.05, 0.1) is 6.26 Å². The van der Waals surface area contributed by atoms with Gasteiger partial charge in [0, 0.05) is 6.92 Å². The first-order valence-electron chi connectivity index (χ1n) is 6.82. The van der Waals surface area contributed by atoms with Crippen LogP contribution in [-0.4, -0.2) is 6.29 Å². The zero-order valence-corrected chi connectivity index (χ0v) is 11.1. The van der Waals surface area contributed by atoms with Crippen LogP contribution in [0.2, 0.25) is 0 Å². The van der Waals surface area contributed by atoms with E-state index >= 15 is 0 Å². The molecule has 98 valence electrons. The van der Waals surface area contributed by atoms with Gasteiger partial charge in [-0.3, -0.25) is 0 Å². The topological polar surface area (TPSA) is 18.5 Å². The summed E-state index contributed by atoms with van der Waals surface area (Å²) in [7, 11) is 0. The Hall–Kier alpha value is -1.44. The quantitative estimate of drug-likeness (QED) is 0.557. The van der Waals surface area contributed by atoms with Crippen molar-refractivity contribution in [3.05, 3.63) is 42.7 Å². The molecular formula is C16H22O2. The lowest BCUT2D eigenvalue weighted by atomic mass is 9.84. The molecule has 2 rings (SSSR count). The minimum atomic E-state index is -0.289. The second-order valence-electron chi connectivity index (χ2n) is 4.89. The Bertz CT molecular complexity index is 363. The SMILES string of the molecule is C=COC(C)Oc1ccc(C2CCCCC2)cc1. The highest BCUT2D eigenvalue weighted by molar-refractivity contribution is 5.29. The summed E-state index contributed by atoms with van der Waals surface area (Å²) in [6.07, 6.45) is 7.91. The van der Waals surface area contributed by atoms with E-state index in [0.717, 1.165) is 11.7 Å². The fourth-order valence-corrected chi connectivity index (χ4v) is 2.61. The molecule has 1 saturated carbocycles. The predicted molar refractivity (Wildman–Crippen MR) is 73.6 cm³/mol. The van der Waals surface area contributed by atoms with Crippen LogP contribution in [-0.2, 0) is 4.74 Å². The van der Waals surface area contributed by atoms with Crippen LogP contribution < -0.4 is 4.74 Å². The Balaban J connectivity index is 1.94. The van der Waals surface area contributed by atoms with Crippen LogP contribution in [0.15, 0.2) is 37.1 Å². The second kappa shape index (κ2) is 6.48. The van der Waals surface area contributed by atoms with Crippen molar-refractivity contribution in [2.75, 3.05) is 0 Å². The number of ether oxygens (including phenoxy) is 2. The fraction of sp³-hybridized carbons (Fsp3) is 0.500. The number of hydrogen-bond donors (Lipinski definition) is 0. The lowest BCUT2D eigenvalue weighted by Gasteiger charge is -2.22. The van der Waals surface area contributed by atoms with Crippen LogP contribution in [0.1, 0.15) is 50.5 Å². The molecule has 0 heterocycles. The maximum atomic E-state index is 5.60. The van der Waals surface area contributed by atoms with E-state index < -0.39 is 0 Å². The third kappa shape index (κ3) is 3.52. The van der Waals surface area contributed by atoms with Crippen molar-refractivity contribution in [2.24, 2.45) is 0 Å². The van der Waals surface area contributed by atoms with Crippen molar-refractivity contribution in [3.8, 4) is 5.75 Å². The van der Waals surface area contributed by atoms with Gasteiger partial charge in [-0.2, -0.15) is 0 Å². The van der Waals surface area contributed by atoms with Crippen LogP contribution in [0.4, 0.5) is 0 Å². The van der Waals surface area contributed by atoms with Crippen LogP contribution in [0.3, 0.4) is 0 Å². The van der Waals surface area contributed by atoms with Crippen LogP contribution in [0, 0.1) is 0 Å². The molecule has 0 amide bonds. The highest BCUT2D eigenvalue weighted by Crippen LogP contribution is 2.33. The first kappa shape index (κ1) is 13.0. The van der Waals surface area contributed by atoms with Crippen molar-refractivity contribution >= 4 is 0 Å². The monoisotopic (exact) mass is 246 g/mol. The maximum absolute atomic E-state index is 5.60. The highest BCUT2D eigenvalue weighted by Gasteiger charge is 2.15. The molecule has 1 aromatic rings. The Morgan fingerprint density at radius 3 is 2.44 bits per heavy atom. The number of rotatable bonds is 5. The van der Waals surface area contributed by atoms with Crippen molar-refractivity contribution in [2.45, 2.75) is 51.2 Å². The third-order valence-electron chi connectivity index (χ3n) is 3.55. The van der Waals surface area contributed by atoms with E-state index in [9.17, 15) is 0 Å². The van der Waals surface area contributed by atoms with E-state index in [1.165, 1.54) is 43.9 Å². The van der Waals surface area contributed by atoms with Crippen molar-refractivity contribution < 1.29 is 9.47 Å². The van der Waals surface area contributed by atoms with Crippen molar-refractivity contribution in [1.82, 2.24) is 0 Å². The molecule has 0 N–H and O–H groups in total. The molecule has 0 radical (unpaired) electrons. The van der Waals surface area contributed by atoms with Gasteiger partial charge in [0.25, 0.3) is 0 Å². The van der Waals surface area contributed by atoms with E-state index in [1.807, 2.05) is 19.1 Å². The van der Waals surface area contributed by atoms with E-state index in [4.69, 9.17) is 9.47 Å². The molecule has 0 spiro atoms. The van der Waals surface area contributed by atoms with Gasteiger partial charge in [0.15, 0.2) is 0 Å². The van der Waals surface area contributed by atoms with Crippen molar-refractivity contribution in [3.63, 3.8) is 0 Å². The van der Waals surface area contributed by atoms with E-state index in [2.05, 4.69) is 18.7 Å². The molecule has 1 aliphatic carbocycles. The van der Waals surface area contributed by atoms with Gasteiger partial charge in [-0.1, -0.05) is 38.0 Å².